The molecule has 0 saturated heterocycles. The second kappa shape index (κ2) is 26.5. The van der Waals surface area contributed by atoms with Crippen molar-refractivity contribution >= 4 is 74.1 Å². The van der Waals surface area contributed by atoms with Gasteiger partial charge in [0.25, 0.3) is 0 Å². The third kappa shape index (κ3) is 16.7. The van der Waals surface area contributed by atoms with Gasteiger partial charge in [0.15, 0.2) is 64.3 Å². The first kappa shape index (κ1) is 47.9. The van der Waals surface area contributed by atoms with Crippen molar-refractivity contribution in [3.8, 4) is 46.0 Å². The van der Waals surface area contributed by atoms with E-state index < -0.39 is 6.10 Å². The van der Waals surface area contributed by atoms with Crippen LogP contribution in [0.15, 0.2) is 81.0 Å². The highest BCUT2D eigenvalue weighted by molar-refractivity contribution is 7.09. The second-order valence-corrected chi connectivity index (χ2v) is 15.6. The third-order valence-electron chi connectivity index (χ3n) is 7.38. The van der Waals surface area contributed by atoms with Crippen molar-refractivity contribution in [2.75, 3.05) is 52.9 Å². The third-order valence-corrected chi connectivity index (χ3v) is 10.3. The molecule has 4 aromatic rings. The fourth-order valence-electron chi connectivity index (χ4n) is 4.59. The molecule has 0 spiro atoms. The number of thiophene rings is 4. The number of carbonyl (C=O) groups is 3. The topological polar surface area (TPSA) is 184 Å². The van der Waals surface area contributed by atoms with Crippen LogP contribution in [0.5, 0.6) is 46.0 Å². The van der Waals surface area contributed by atoms with Crippen molar-refractivity contribution in [2.45, 2.75) is 43.7 Å². The zero-order valence-corrected chi connectivity index (χ0v) is 36.3. The summed E-state index contributed by atoms with van der Waals surface area (Å²) in [4.78, 5) is 32.1. The average molecular weight is 930 g/mol. The molecule has 2 atom stereocenters. The summed E-state index contributed by atoms with van der Waals surface area (Å²) in [5, 5.41) is 32.5. The standard InChI is InChI=1S/2C11H12O4S.2C7H8O3S.C4H5ClO/c1-2-3-11(12)14-5-8-4-13-9-6-16-7-10(9)15-8;1-2-3-11(12)15-8-4-13-9-6-16-7-10(9)14-5-8;8-5-1-9-6-3-11-4-7(6)10-2-5;8-1-5-2-9-6-3-11-4-7(6)10-5;1-2-3-4(5)6/h2*2,6-8H,1,3-5H2;2*3-5,8H,1-2H2;2H,1,3H2. The first-order valence-electron chi connectivity index (χ1n) is 18.1. The maximum absolute atomic E-state index is 11.2. The lowest BCUT2D eigenvalue weighted by Crippen LogP contribution is -2.33. The fraction of sp³-hybridized carbons (Fsp3) is 0.375. The van der Waals surface area contributed by atoms with Gasteiger partial charge in [-0.2, -0.15) is 0 Å². The Morgan fingerprint density at radius 1 is 0.600 bits per heavy atom. The van der Waals surface area contributed by atoms with Gasteiger partial charge in [-0.1, -0.05) is 18.2 Å². The molecule has 4 aliphatic rings. The van der Waals surface area contributed by atoms with Crippen molar-refractivity contribution in [3.05, 3.63) is 81.0 Å². The Bertz CT molecular complexity index is 1880. The minimum atomic E-state index is -0.507. The van der Waals surface area contributed by atoms with Crippen LogP contribution < -0.4 is 37.9 Å². The van der Waals surface area contributed by atoms with Crippen LogP contribution in [-0.4, -0.2) is 105 Å². The summed E-state index contributed by atoms with van der Waals surface area (Å²) >= 11 is 11.0. The molecule has 0 aromatic carbocycles. The predicted octanol–water partition coefficient (Wildman–Crippen LogP) is 7.10. The second-order valence-electron chi connectivity index (χ2n) is 12.2. The molecule has 2 unspecified atom stereocenters. The van der Waals surface area contributed by atoms with E-state index in [0.29, 0.717) is 51.1 Å². The quantitative estimate of drug-likeness (QED) is 0.0932. The van der Waals surface area contributed by atoms with Crippen LogP contribution >= 0.6 is 56.9 Å². The zero-order chi connectivity index (χ0) is 43.1. The first-order valence-corrected chi connectivity index (χ1v) is 22.3. The Kier molecular flexibility index (Phi) is 21.1. The Labute approximate surface area is 367 Å². The summed E-state index contributed by atoms with van der Waals surface area (Å²) < 4.78 is 53.2. The molecular weight excluding hydrogens is 884 g/mol. The fourth-order valence-corrected chi connectivity index (χ4v) is 7.41. The van der Waals surface area contributed by atoms with Crippen LogP contribution in [0.25, 0.3) is 0 Å². The molecule has 0 bridgehead atoms. The van der Waals surface area contributed by atoms with E-state index in [1.54, 1.807) is 0 Å². The SMILES string of the molecule is C=CCC(=O)Cl.C=CCC(=O)OC1COc2cscc2OC1.C=CCC(=O)OCC1COc2cscc2O1.OC1COc2cscc2OC1.OCC1COc2cscc2O1. The summed E-state index contributed by atoms with van der Waals surface area (Å²) in [5.74, 6) is 5.34. The number of esters is 2. The Balaban J connectivity index is 0.000000171. The molecule has 326 valence electrons. The van der Waals surface area contributed by atoms with Gasteiger partial charge in [-0.05, 0) is 11.6 Å². The Morgan fingerprint density at radius 2 is 0.983 bits per heavy atom. The Morgan fingerprint density at radius 3 is 1.42 bits per heavy atom. The van der Waals surface area contributed by atoms with Gasteiger partial charge in [-0.15, -0.1) is 65.1 Å². The highest BCUT2D eigenvalue weighted by atomic mass is 35.5. The van der Waals surface area contributed by atoms with Gasteiger partial charge in [0, 0.05) is 49.5 Å². The number of hydrogen-bond donors (Lipinski definition) is 2. The highest BCUT2D eigenvalue weighted by Crippen LogP contribution is 2.37. The molecule has 15 nitrogen and oxygen atoms in total. The zero-order valence-electron chi connectivity index (χ0n) is 32.3. The van der Waals surface area contributed by atoms with Gasteiger partial charge in [-0.3, -0.25) is 14.4 Å². The molecule has 8 heterocycles. The van der Waals surface area contributed by atoms with E-state index in [0.717, 1.165) is 34.5 Å². The summed E-state index contributed by atoms with van der Waals surface area (Å²) in [6.07, 6.45) is 3.89. The molecule has 4 aliphatic heterocycles. The van der Waals surface area contributed by atoms with Crippen molar-refractivity contribution in [1.29, 1.82) is 0 Å². The monoisotopic (exact) mass is 928 g/mol. The molecule has 60 heavy (non-hydrogen) atoms. The van der Waals surface area contributed by atoms with E-state index >= 15 is 0 Å². The smallest absolute Gasteiger partial charge is 0.310 e. The average Bonchev–Trinajstić information content (AvgIpc) is 4.06. The number of allylic oxidation sites excluding steroid dienone is 1. The molecule has 0 saturated carbocycles. The van der Waals surface area contributed by atoms with Crippen LogP contribution in [-0.2, 0) is 23.9 Å². The highest BCUT2D eigenvalue weighted by Gasteiger charge is 2.24. The van der Waals surface area contributed by atoms with Gasteiger partial charge in [0.05, 0.1) is 19.4 Å². The maximum atomic E-state index is 11.2. The lowest BCUT2D eigenvalue weighted by atomic mass is 10.3. The van der Waals surface area contributed by atoms with E-state index in [1.165, 1.54) is 63.6 Å². The predicted molar refractivity (Wildman–Crippen MR) is 228 cm³/mol. The van der Waals surface area contributed by atoms with Gasteiger partial charge in [0.2, 0.25) is 5.24 Å². The number of rotatable bonds is 10. The van der Waals surface area contributed by atoms with E-state index in [9.17, 15) is 14.4 Å². The van der Waals surface area contributed by atoms with Crippen molar-refractivity contribution in [1.82, 2.24) is 0 Å². The Hall–Kier alpha value is -4.76. The number of aliphatic hydroxyl groups excluding tert-OH is 2. The lowest BCUT2D eigenvalue weighted by Gasteiger charge is -2.23. The van der Waals surface area contributed by atoms with Crippen molar-refractivity contribution < 1.29 is 72.0 Å². The largest absolute Gasteiger partial charge is 0.486 e. The molecule has 0 aliphatic carbocycles. The molecule has 0 radical (unpaired) electrons. The van der Waals surface area contributed by atoms with Crippen LogP contribution in [0.4, 0.5) is 0 Å². The molecule has 4 aromatic heterocycles. The molecule has 0 fully saturated rings. The number of aliphatic hydroxyl groups is 2. The van der Waals surface area contributed by atoms with Gasteiger partial charge in [-0.25, -0.2) is 0 Å². The minimum absolute atomic E-state index is 0.00921. The maximum Gasteiger partial charge on any atom is 0.310 e. The van der Waals surface area contributed by atoms with E-state index in [2.05, 4.69) is 19.7 Å². The van der Waals surface area contributed by atoms with Gasteiger partial charge < -0.3 is 57.6 Å². The van der Waals surface area contributed by atoms with E-state index in [4.69, 9.17) is 69.2 Å². The minimum Gasteiger partial charge on any atom is -0.486 e. The summed E-state index contributed by atoms with van der Waals surface area (Å²) in [6, 6.07) is 0. The lowest BCUT2D eigenvalue weighted by molar-refractivity contribution is -0.150. The van der Waals surface area contributed by atoms with E-state index in [-0.39, 0.29) is 68.0 Å². The summed E-state index contributed by atoms with van der Waals surface area (Å²) in [6.45, 7) is 12.6. The normalized spacial score (nSPS) is 16.9. The number of halogens is 1. The number of fused-ring (bicyclic) bond motifs is 4. The summed E-state index contributed by atoms with van der Waals surface area (Å²) in [5.41, 5.74) is 0. The molecular formula is C40H45ClO15S4. The number of carbonyl (C=O) groups excluding carboxylic acids is 3. The van der Waals surface area contributed by atoms with E-state index in [1.807, 2.05) is 43.0 Å². The molecule has 8 rings (SSSR count). The van der Waals surface area contributed by atoms with Crippen LogP contribution in [0.1, 0.15) is 19.3 Å². The van der Waals surface area contributed by atoms with Gasteiger partial charge >= 0.3 is 11.9 Å². The molecule has 2 N–H and O–H groups in total. The van der Waals surface area contributed by atoms with Crippen molar-refractivity contribution in [3.63, 3.8) is 0 Å². The van der Waals surface area contributed by atoms with Crippen LogP contribution in [0.3, 0.4) is 0 Å². The number of hydrogen-bond acceptors (Lipinski definition) is 19. The van der Waals surface area contributed by atoms with Crippen LogP contribution in [0, 0.1) is 0 Å². The van der Waals surface area contributed by atoms with Crippen LogP contribution in [0.2, 0.25) is 0 Å². The first-order chi connectivity index (χ1) is 29.1. The summed E-state index contributed by atoms with van der Waals surface area (Å²) in [7, 11) is 0. The van der Waals surface area contributed by atoms with Crippen molar-refractivity contribution in [2.24, 2.45) is 0 Å². The number of ether oxygens (including phenoxy) is 10. The molecule has 0 amide bonds. The molecule has 20 heteroatoms. The van der Waals surface area contributed by atoms with Gasteiger partial charge in [0.1, 0.15) is 52.4 Å².